The zero-order valence-electron chi connectivity index (χ0n) is 12.6. The van der Waals surface area contributed by atoms with E-state index in [2.05, 4.69) is 10.5 Å². The number of nitrogens with zero attached hydrogens (tertiary/aromatic N) is 2. The molecule has 1 N–H and O–H groups in total. The largest absolute Gasteiger partial charge is 0.496 e. The van der Waals surface area contributed by atoms with E-state index in [-0.39, 0.29) is 5.69 Å². The van der Waals surface area contributed by atoms with Gasteiger partial charge in [-0.1, -0.05) is 24.3 Å². The highest BCUT2D eigenvalue weighted by Crippen LogP contribution is 2.18. The lowest BCUT2D eigenvalue weighted by molar-refractivity contribution is -0.385. The van der Waals surface area contributed by atoms with Crippen molar-refractivity contribution >= 4 is 17.8 Å². The van der Waals surface area contributed by atoms with Gasteiger partial charge in [-0.3, -0.25) is 14.9 Å². The maximum absolute atomic E-state index is 12.0. The van der Waals surface area contributed by atoms with Crippen molar-refractivity contribution in [3.63, 3.8) is 0 Å². The van der Waals surface area contributed by atoms with Crippen molar-refractivity contribution in [3.8, 4) is 5.75 Å². The van der Waals surface area contributed by atoms with Crippen LogP contribution < -0.4 is 10.2 Å². The van der Waals surface area contributed by atoms with Crippen molar-refractivity contribution in [2.45, 2.75) is 6.92 Å². The molecule has 0 aliphatic heterocycles. The monoisotopic (exact) mass is 313 g/mol. The van der Waals surface area contributed by atoms with Crippen molar-refractivity contribution in [2.75, 3.05) is 7.11 Å². The highest BCUT2D eigenvalue weighted by Gasteiger charge is 2.11. The molecule has 0 radical (unpaired) electrons. The fourth-order valence-electron chi connectivity index (χ4n) is 1.96. The summed E-state index contributed by atoms with van der Waals surface area (Å²) >= 11 is 0. The number of nitrogens with one attached hydrogen (secondary N) is 1. The second kappa shape index (κ2) is 7.17. The van der Waals surface area contributed by atoms with Crippen molar-refractivity contribution in [3.05, 3.63) is 69.3 Å². The van der Waals surface area contributed by atoms with Gasteiger partial charge in [-0.15, -0.1) is 0 Å². The van der Waals surface area contributed by atoms with Gasteiger partial charge in [-0.05, 0) is 19.1 Å². The molecule has 0 bridgehead atoms. The molecule has 7 nitrogen and oxygen atoms in total. The minimum Gasteiger partial charge on any atom is -0.496 e. The van der Waals surface area contributed by atoms with Crippen molar-refractivity contribution in [1.29, 1.82) is 0 Å². The third-order valence-electron chi connectivity index (χ3n) is 3.16. The lowest BCUT2D eigenvalue weighted by Crippen LogP contribution is -2.18. The van der Waals surface area contributed by atoms with Crippen molar-refractivity contribution in [2.24, 2.45) is 5.10 Å². The molecular formula is C16H15N3O4. The summed E-state index contributed by atoms with van der Waals surface area (Å²) < 4.78 is 5.10. The number of nitro benzene ring substituents is 1. The summed E-state index contributed by atoms with van der Waals surface area (Å²) in [5, 5.41) is 14.7. The smallest absolute Gasteiger partial charge is 0.275 e. The summed E-state index contributed by atoms with van der Waals surface area (Å²) in [5.41, 5.74) is 3.80. The molecule has 2 aromatic carbocycles. The first-order valence-electron chi connectivity index (χ1n) is 6.74. The van der Waals surface area contributed by atoms with E-state index in [4.69, 9.17) is 4.74 Å². The Morgan fingerprint density at radius 2 is 2.04 bits per heavy atom. The molecule has 0 aliphatic carbocycles. The predicted octanol–water partition coefficient (Wildman–Crippen LogP) is 2.68. The van der Waals surface area contributed by atoms with Gasteiger partial charge in [0.2, 0.25) is 0 Å². The standard InChI is InChI=1S/C16H15N3O4/c1-11-7-8-12(9-14(11)19(21)22)10-17-18-16(20)13-5-3-4-6-15(13)23-2/h3-10H,1-2H3,(H,18,20)/b17-10+. The minimum absolute atomic E-state index is 0.00463. The molecule has 0 aromatic heterocycles. The van der Waals surface area contributed by atoms with E-state index in [0.717, 1.165) is 0 Å². The van der Waals surface area contributed by atoms with Crippen LogP contribution in [0.5, 0.6) is 5.75 Å². The van der Waals surface area contributed by atoms with E-state index in [1.165, 1.54) is 19.4 Å². The quantitative estimate of drug-likeness (QED) is 0.521. The molecule has 2 aromatic rings. The fourth-order valence-corrected chi connectivity index (χ4v) is 1.96. The van der Waals surface area contributed by atoms with Crippen LogP contribution in [0.2, 0.25) is 0 Å². The van der Waals surface area contributed by atoms with Gasteiger partial charge in [-0.2, -0.15) is 5.10 Å². The molecule has 2 rings (SSSR count). The number of hydrazone groups is 1. The van der Waals surface area contributed by atoms with Gasteiger partial charge >= 0.3 is 0 Å². The molecule has 23 heavy (non-hydrogen) atoms. The average Bonchev–Trinajstić information content (AvgIpc) is 2.55. The normalized spacial score (nSPS) is 10.5. The predicted molar refractivity (Wildman–Crippen MR) is 85.9 cm³/mol. The Hall–Kier alpha value is -3.22. The third-order valence-corrected chi connectivity index (χ3v) is 3.16. The molecule has 1 amide bonds. The fraction of sp³-hybridized carbons (Fsp3) is 0.125. The van der Waals surface area contributed by atoms with Gasteiger partial charge in [0.05, 0.1) is 23.8 Å². The van der Waals surface area contributed by atoms with Crippen LogP contribution in [0.15, 0.2) is 47.6 Å². The van der Waals surface area contributed by atoms with E-state index < -0.39 is 10.8 Å². The lowest BCUT2D eigenvalue weighted by Gasteiger charge is -2.05. The molecule has 0 unspecified atom stereocenters. The van der Waals surface area contributed by atoms with Gasteiger partial charge < -0.3 is 4.74 Å². The number of nitro groups is 1. The van der Waals surface area contributed by atoms with Gasteiger partial charge in [0.1, 0.15) is 5.75 Å². The SMILES string of the molecule is COc1ccccc1C(=O)N/N=C/c1ccc(C)c([N+](=O)[O-])c1. The first-order valence-corrected chi connectivity index (χ1v) is 6.74. The number of amides is 1. The molecule has 0 saturated carbocycles. The summed E-state index contributed by atoms with van der Waals surface area (Å²) in [5.74, 6) is 0.00600. The number of benzene rings is 2. The summed E-state index contributed by atoms with van der Waals surface area (Å²) in [7, 11) is 1.47. The summed E-state index contributed by atoms with van der Waals surface area (Å²) in [4.78, 5) is 22.5. The van der Waals surface area contributed by atoms with Gasteiger partial charge in [0.15, 0.2) is 0 Å². The van der Waals surface area contributed by atoms with Gasteiger partial charge in [0.25, 0.3) is 11.6 Å². The van der Waals surface area contributed by atoms with E-state index in [1.807, 2.05) is 0 Å². The number of ether oxygens (including phenoxy) is 1. The van der Waals surface area contributed by atoms with Crippen LogP contribution in [-0.4, -0.2) is 24.2 Å². The zero-order valence-corrected chi connectivity index (χ0v) is 12.6. The Labute approximate surface area is 132 Å². The van der Waals surface area contributed by atoms with Crippen LogP contribution in [0.1, 0.15) is 21.5 Å². The number of methoxy groups -OCH3 is 1. The lowest BCUT2D eigenvalue weighted by atomic mass is 10.1. The zero-order chi connectivity index (χ0) is 16.8. The van der Waals surface area contributed by atoms with Crippen molar-refractivity contribution in [1.82, 2.24) is 5.43 Å². The maximum Gasteiger partial charge on any atom is 0.275 e. The average molecular weight is 313 g/mol. The van der Waals surface area contributed by atoms with E-state index in [0.29, 0.717) is 22.4 Å². The Bertz CT molecular complexity index is 772. The first-order chi connectivity index (χ1) is 11.0. The Balaban J connectivity index is 2.11. The number of hydrogen-bond acceptors (Lipinski definition) is 5. The molecule has 0 atom stereocenters. The molecule has 118 valence electrons. The number of aryl methyl sites for hydroxylation is 1. The first kappa shape index (κ1) is 16.2. The third kappa shape index (κ3) is 3.91. The highest BCUT2D eigenvalue weighted by molar-refractivity contribution is 5.97. The molecule has 0 spiro atoms. The molecule has 0 fully saturated rings. The number of carbonyl (C=O) groups is 1. The molecule has 0 heterocycles. The van der Waals surface area contributed by atoms with Crippen LogP contribution in [0.4, 0.5) is 5.69 Å². The molecule has 0 saturated heterocycles. The minimum atomic E-state index is -0.458. The Morgan fingerprint density at radius 1 is 1.30 bits per heavy atom. The second-order valence-corrected chi connectivity index (χ2v) is 4.70. The van der Waals surface area contributed by atoms with Gasteiger partial charge in [0, 0.05) is 17.2 Å². The Morgan fingerprint density at radius 3 is 2.74 bits per heavy atom. The molecule has 7 heteroatoms. The van der Waals surface area contributed by atoms with E-state index in [9.17, 15) is 14.9 Å². The molecule has 0 aliphatic rings. The van der Waals surface area contributed by atoms with Crippen LogP contribution in [0, 0.1) is 17.0 Å². The summed E-state index contributed by atoms with van der Waals surface area (Å²) in [6.07, 6.45) is 1.35. The van der Waals surface area contributed by atoms with Gasteiger partial charge in [-0.25, -0.2) is 5.43 Å². The van der Waals surface area contributed by atoms with E-state index in [1.54, 1.807) is 43.3 Å². The van der Waals surface area contributed by atoms with Crippen LogP contribution >= 0.6 is 0 Å². The number of para-hydroxylation sites is 1. The number of hydrogen-bond donors (Lipinski definition) is 1. The van der Waals surface area contributed by atoms with Crippen LogP contribution in [-0.2, 0) is 0 Å². The summed E-state index contributed by atoms with van der Waals surface area (Å²) in [6, 6.07) is 11.5. The van der Waals surface area contributed by atoms with Crippen molar-refractivity contribution < 1.29 is 14.5 Å². The number of rotatable bonds is 5. The molecular weight excluding hydrogens is 298 g/mol. The highest BCUT2D eigenvalue weighted by atomic mass is 16.6. The Kier molecular flexibility index (Phi) is 5.03. The van der Waals surface area contributed by atoms with Crippen LogP contribution in [0.25, 0.3) is 0 Å². The summed E-state index contributed by atoms with van der Waals surface area (Å²) in [6.45, 7) is 1.66. The van der Waals surface area contributed by atoms with Crippen LogP contribution in [0.3, 0.4) is 0 Å². The van der Waals surface area contributed by atoms with E-state index >= 15 is 0 Å². The topological polar surface area (TPSA) is 93.8 Å². The second-order valence-electron chi connectivity index (χ2n) is 4.70. The maximum atomic E-state index is 12.0. The number of carbonyl (C=O) groups excluding carboxylic acids is 1.